The molecule has 0 heterocycles. The maximum Gasteiger partial charge on any atom is 0.0597 e. The standard InChI is InChI=1S/C14H23ClN2O/c1-11(2)18-8-7-17(3)14(10-16)12-5-4-6-13(15)9-12/h4-6,9,11,14H,7-8,10,16H2,1-3H3. The molecule has 1 aromatic carbocycles. The van der Waals surface area contributed by atoms with Crippen LogP contribution in [0.1, 0.15) is 25.5 Å². The minimum absolute atomic E-state index is 0.180. The average Bonchev–Trinajstić information content (AvgIpc) is 2.29. The first-order valence-electron chi connectivity index (χ1n) is 6.32. The van der Waals surface area contributed by atoms with Gasteiger partial charge in [-0.3, -0.25) is 4.90 Å². The predicted molar refractivity (Wildman–Crippen MR) is 77.0 cm³/mol. The second kappa shape index (κ2) is 7.74. The Labute approximate surface area is 115 Å². The molecule has 0 saturated heterocycles. The fourth-order valence-electron chi connectivity index (χ4n) is 1.87. The van der Waals surface area contributed by atoms with Crippen molar-refractivity contribution in [1.82, 2.24) is 4.90 Å². The maximum atomic E-state index is 6.01. The van der Waals surface area contributed by atoms with Gasteiger partial charge in [0.1, 0.15) is 0 Å². The van der Waals surface area contributed by atoms with E-state index < -0.39 is 0 Å². The van der Waals surface area contributed by atoms with Gasteiger partial charge in [-0.25, -0.2) is 0 Å². The lowest BCUT2D eigenvalue weighted by Gasteiger charge is -2.27. The fourth-order valence-corrected chi connectivity index (χ4v) is 2.07. The van der Waals surface area contributed by atoms with E-state index in [0.717, 1.165) is 17.1 Å². The summed E-state index contributed by atoms with van der Waals surface area (Å²) in [7, 11) is 2.06. The summed E-state index contributed by atoms with van der Waals surface area (Å²) in [6, 6.07) is 8.04. The summed E-state index contributed by atoms with van der Waals surface area (Å²) in [5, 5.41) is 0.748. The van der Waals surface area contributed by atoms with Crippen molar-refractivity contribution in [3.05, 3.63) is 34.9 Å². The van der Waals surface area contributed by atoms with Crippen molar-refractivity contribution >= 4 is 11.6 Å². The average molecular weight is 271 g/mol. The third-order valence-electron chi connectivity index (χ3n) is 2.88. The first-order valence-corrected chi connectivity index (χ1v) is 6.69. The van der Waals surface area contributed by atoms with Crippen LogP contribution in [0, 0.1) is 0 Å². The molecule has 0 radical (unpaired) electrons. The smallest absolute Gasteiger partial charge is 0.0597 e. The third kappa shape index (κ3) is 4.94. The van der Waals surface area contributed by atoms with Crippen molar-refractivity contribution in [2.45, 2.75) is 26.0 Å². The number of benzene rings is 1. The number of ether oxygens (including phenoxy) is 1. The fraction of sp³-hybridized carbons (Fsp3) is 0.571. The van der Waals surface area contributed by atoms with E-state index in [-0.39, 0.29) is 12.1 Å². The molecule has 0 saturated carbocycles. The Morgan fingerprint density at radius 1 is 1.39 bits per heavy atom. The molecule has 1 rings (SSSR count). The van der Waals surface area contributed by atoms with Crippen molar-refractivity contribution in [3.8, 4) is 0 Å². The van der Waals surface area contributed by atoms with Crippen LogP contribution in [-0.2, 0) is 4.74 Å². The van der Waals surface area contributed by atoms with Crippen molar-refractivity contribution < 1.29 is 4.74 Å². The highest BCUT2D eigenvalue weighted by Crippen LogP contribution is 2.21. The van der Waals surface area contributed by atoms with Crippen molar-refractivity contribution in [2.75, 3.05) is 26.7 Å². The Hall–Kier alpha value is -0.610. The van der Waals surface area contributed by atoms with Gasteiger partial charge in [0, 0.05) is 24.2 Å². The molecule has 0 fully saturated rings. The maximum absolute atomic E-state index is 6.01. The Balaban J connectivity index is 2.59. The molecule has 1 aromatic rings. The molecule has 2 N–H and O–H groups in total. The molecule has 4 heteroatoms. The Kier molecular flexibility index (Phi) is 6.65. The van der Waals surface area contributed by atoms with Gasteiger partial charge >= 0.3 is 0 Å². The zero-order valence-electron chi connectivity index (χ0n) is 11.4. The van der Waals surface area contributed by atoms with Crippen molar-refractivity contribution in [1.29, 1.82) is 0 Å². The Morgan fingerprint density at radius 2 is 2.11 bits per heavy atom. The molecular weight excluding hydrogens is 248 g/mol. The number of hydrogen-bond acceptors (Lipinski definition) is 3. The van der Waals surface area contributed by atoms with Gasteiger partial charge in [0.15, 0.2) is 0 Å². The number of hydrogen-bond donors (Lipinski definition) is 1. The molecule has 18 heavy (non-hydrogen) atoms. The van der Waals surface area contributed by atoms with E-state index in [1.807, 2.05) is 32.0 Å². The molecule has 1 atom stereocenters. The molecule has 0 aromatic heterocycles. The summed E-state index contributed by atoms with van der Waals surface area (Å²) >= 11 is 6.01. The molecule has 102 valence electrons. The van der Waals surface area contributed by atoms with E-state index in [0.29, 0.717) is 13.2 Å². The number of halogens is 1. The van der Waals surface area contributed by atoms with Crippen LogP contribution in [0.3, 0.4) is 0 Å². The van der Waals surface area contributed by atoms with Crippen LogP contribution in [0.25, 0.3) is 0 Å². The number of nitrogens with zero attached hydrogens (tertiary/aromatic N) is 1. The molecule has 0 spiro atoms. The van der Waals surface area contributed by atoms with Gasteiger partial charge in [0.2, 0.25) is 0 Å². The summed E-state index contributed by atoms with van der Waals surface area (Å²) < 4.78 is 5.56. The number of rotatable bonds is 7. The predicted octanol–water partition coefficient (Wildman–Crippen LogP) is 2.70. The van der Waals surface area contributed by atoms with Gasteiger partial charge < -0.3 is 10.5 Å². The lowest BCUT2D eigenvalue weighted by atomic mass is 10.1. The lowest BCUT2D eigenvalue weighted by molar-refractivity contribution is 0.0564. The van der Waals surface area contributed by atoms with Gasteiger partial charge in [-0.15, -0.1) is 0 Å². The summed E-state index contributed by atoms with van der Waals surface area (Å²) in [6.45, 7) is 6.21. The lowest BCUT2D eigenvalue weighted by Crippen LogP contribution is -2.33. The summed E-state index contributed by atoms with van der Waals surface area (Å²) in [5.74, 6) is 0. The van der Waals surface area contributed by atoms with Crippen LogP contribution >= 0.6 is 11.6 Å². The van der Waals surface area contributed by atoms with Gasteiger partial charge in [0.05, 0.1) is 12.7 Å². The van der Waals surface area contributed by atoms with Crippen LogP contribution < -0.4 is 5.73 Å². The first kappa shape index (κ1) is 15.4. The minimum Gasteiger partial charge on any atom is -0.377 e. The van der Waals surface area contributed by atoms with Gasteiger partial charge in [-0.2, -0.15) is 0 Å². The highest BCUT2D eigenvalue weighted by atomic mass is 35.5. The molecule has 0 aliphatic heterocycles. The minimum atomic E-state index is 0.180. The number of likely N-dealkylation sites (N-methyl/N-ethyl adjacent to an activating group) is 1. The van der Waals surface area contributed by atoms with Crippen molar-refractivity contribution in [3.63, 3.8) is 0 Å². The first-order chi connectivity index (χ1) is 8.54. The summed E-state index contributed by atoms with van der Waals surface area (Å²) in [4.78, 5) is 2.20. The highest BCUT2D eigenvalue weighted by molar-refractivity contribution is 6.30. The van der Waals surface area contributed by atoms with Crippen molar-refractivity contribution in [2.24, 2.45) is 5.73 Å². The molecule has 0 aliphatic carbocycles. The monoisotopic (exact) mass is 270 g/mol. The zero-order valence-corrected chi connectivity index (χ0v) is 12.2. The molecule has 1 unspecified atom stereocenters. The van der Waals surface area contributed by atoms with Gasteiger partial charge in [-0.05, 0) is 38.6 Å². The van der Waals surface area contributed by atoms with E-state index in [1.54, 1.807) is 0 Å². The molecular formula is C14H23ClN2O. The van der Waals surface area contributed by atoms with Crippen LogP contribution in [0.5, 0.6) is 0 Å². The zero-order chi connectivity index (χ0) is 13.5. The molecule has 0 bridgehead atoms. The van der Waals surface area contributed by atoms with E-state index in [2.05, 4.69) is 18.0 Å². The second-order valence-electron chi connectivity index (χ2n) is 4.71. The quantitative estimate of drug-likeness (QED) is 0.828. The molecule has 3 nitrogen and oxygen atoms in total. The van der Waals surface area contributed by atoms with Crippen LogP contribution in [0.15, 0.2) is 24.3 Å². The number of nitrogens with two attached hydrogens (primary N) is 1. The van der Waals surface area contributed by atoms with E-state index >= 15 is 0 Å². The highest BCUT2D eigenvalue weighted by Gasteiger charge is 2.15. The normalized spacial score (nSPS) is 13.3. The van der Waals surface area contributed by atoms with Gasteiger partial charge in [-0.1, -0.05) is 23.7 Å². The second-order valence-corrected chi connectivity index (χ2v) is 5.14. The Bertz CT molecular complexity index is 357. The van der Waals surface area contributed by atoms with Gasteiger partial charge in [0.25, 0.3) is 0 Å². The van der Waals surface area contributed by atoms with E-state index in [9.17, 15) is 0 Å². The van der Waals surface area contributed by atoms with Crippen LogP contribution in [0.4, 0.5) is 0 Å². The topological polar surface area (TPSA) is 38.5 Å². The summed E-state index contributed by atoms with van der Waals surface area (Å²) in [5.41, 5.74) is 7.01. The van der Waals surface area contributed by atoms with Crippen LogP contribution in [-0.4, -0.2) is 37.7 Å². The SMILES string of the molecule is CC(C)OCCN(C)C(CN)c1cccc(Cl)c1. The van der Waals surface area contributed by atoms with E-state index in [1.165, 1.54) is 0 Å². The van der Waals surface area contributed by atoms with Crippen LogP contribution in [0.2, 0.25) is 5.02 Å². The largest absolute Gasteiger partial charge is 0.377 e. The summed E-state index contributed by atoms with van der Waals surface area (Å²) in [6.07, 6.45) is 0.265. The molecule has 0 aliphatic rings. The Morgan fingerprint density at radius 3 is 2.67 bits per heavy atom. The third-order valence-corrected chi connectivity index (χ3v) is 3.12. The van der Waals surface area contributed by atoms with E-state index in [4.69, 9.17) is 22.1 Å². The molecule has 0 amide bonds.